The fourth-order valence-corrected chi connectivity index (χ4v) is 3.30. The number of hydrogen-bond acceptors (Lipinski definition) is 3. The minimum atomic E-state index is -1.01. The maximum absolute atomic E-state index is 12.3. The van der Waals surface area contributed by atoms with Gasteiger partial charge in [-0.25, -0.2) is 4.79 Å². The zero-order valence-corrected chi connectivity index (χ0v) is 11.7. The Morgan fingerprint density at radius 1 is 1.35 bits per heavy atom. The smallest absolute Gasteiger partial charge is 0.348 e. The molecule has 0 radical (unpaired) electrons. The van der Waals surface area contributed by atoms with E-state index in [1.54, 1.807) is 12.3 Å². The molecule has 0 spiro atoms. The van der Waals surface area contributed by atoms with Crippen molar-refractivity contribution < 1.29 is 14.7 Å². The summed E-state index contributed by atoms with van der Waals surface area (Å²) in [5.74, 6) is -1.31. The molecular weight excluding hydrogens is 274 g/mol. The molecule has 5 heteroatoms. The molecular formula is C15H13NO3S. The van der Waals surface area contributed by atoms with Crippen molar-refractivity contribution in [2.24, 2.45) is 0 Å². The number of carboxylic acids is 1. The molecule has 20 heavy (non-hydrogen) atoms. The first-order valence-electron chi connectivity index (χ1n) is 6.28. The Labute approximate surface area is 120 Å². The molecule has 0 bridgehead atoms. The highest BCUT2D eigenvalue weighted by Crippen LogP contribution is 2.36. The Hall–Kier alpha value is -2.14. The number of rotatable bonds is 3. The SMILES string of the molecule is Cc1csc(C(=O)O)c1NC(=O)C1Cc2ccccc21. The number of fused-ring (bicyclic) bond motifs is 1. The topological polar surface area (TPSA) is 66.4 Å². The lowest BCUT2D eigenvalue weighted by atomic mass is 9.77. The lowest BCUT2D eigenvalue weighted by molar-refractivity contribution is -0.118. The van der Waals surface area contributed by atoms with E-state index in [4.69, 9.17) is 5.11 Å². The van der Waals surface area contributed by atoms with Crippen LogP contribution in [-0.4, -0.2) is 17.0 Å². The summed E-state index contributed by atoms with van der Waals surface area (Å²) in [6, 6.07) is 7.83. The highest BCUT2D eigenvalue weighted by Gasteiger charge is 2.32. The number of aryl methyl sites for hydroxylation is 1. The van der Waals surface area contributed by atoms with Crippen LogP contribution in [0.4, 0.5) is 5.69 Å². The molecule has 1 heterocycles. The highest BCUT2D eigenvalue weighted by atomic mass is 32.1. The first-order chi connectivity index (χ1) is 9.58. The van der Waals surface area contributed by atoms with Gasteiger partial charge in [-0.3, -0.25) is 4.79 Å². The largest absolute Gasteiger partial charge is 0.477 e. The predicted molar refractivity (Wildman–Crippen MR) is 77.5 cm³/mol. The molecule has 1 atom stereocenters. The van der Waals surface area contributed by atoms with Gasteiger partial charge in [-0.2, -0.15) is 0 Å². The van der Waals surface area contributed by atoms with Crippen LogP contribution in [0.1, 0.15) is 32.3 Å². The van der Waals surface area contributed by atoms with E-state index in [1.165, 1.54) is 5.56 Å². The molecule has 3 rings (SSSR count). The molecule has 4 nitrogen and oxygen atoms in total. The molecule has 1 aliphatic rings. The number of thiophene rings is 1. The summed E-state index contributed by atoms with van der Waals surface area (Å²) in [6.07, 6.45) is 0.716. The Bertz CT molecular complexity index is 705. The summed E-state index contributed by atoms with van der Waals surface area (Å²) in [6.45, 7) is 1.80. The minimum Gasteiger partial charge on any atom is -0.477 e. The quantitative estimate of drug-likeness (QED) is 0.912. The third kappa shape index (κ3) is 2.00. The van der Waals surface area contributed by atoms with E-state index in [1.807, 2.05) is 24.3 Å². The zero-order chi connectivity index (χ0) is 14.3. The van der Waals surface area contributed by atoms with Gasteiger partial charge in [0, 0.05) is 0 Å². The fourth-order valence-electron chi connectivity index (χ4n) is 2.46. The van der Waals surface area contributed by atoms with Crippen molar-refractivity contribution in [3.8, 4) is 0 Å². The number of carbonyl (C=O) groups excluding carboxylic acids is 1. The van der Waals surface area contributed by atoms with E-state index in [0.29, 0.717) is 12.1 Å². The average molecular weight is 287 g/mol. The molecule has 1 aromatic carbocycles. The van der Waals surface area contributed by atoms with E-state index in [-0.39, 0.29) is 16.7 Å². The van der Waals surface area contributed by atoms with E-state index in [2.05, 4.69) is 5.32 Å². The average Bonchev–Trinajstić information content (AvgIpc) is 2.73. The number of benzene rings is 1. The molecule has 1 aromatic heterocycles. The second-order valence-electron chi connectivity index (χ2n) is 4.87. The lowest BCUT2D eigenvalue weighted by Gasteiger charge is -2.28. The van der Waals surface area contributed by atoms with Crippen LogP contribution in [0, 0.1) is 6.92 Å². The van der Waals surface area contributed by atoms with E-state index in [0.717, 1.165) is 22.5 Å². The van der Waals surface area contributed by atoms with Gasteiger partial charge in [-0.1, -0.05) is 24.3 Å². The Kier molecular flexibility index (Phi) is 3.06. The lowest BCUT2D eigenvalue weighted by Crippen LogP contribution is -2.30. The number of hydrogen-bond donors (Lipinski definition) is 2. The summed E-state index contributed by atoms with van der Waals surface area (Å²) in [5.41, 5.74) is 3.44. The predicted octanol–water partition coefficient (Wildman–Crippen LogP) is 3.03. The monoisotopic (exact) mass is 287 g/mol. The molecule has 0 saturated carbocycles. The van der Waals surface area contributed by atoms with Gasteiger partial charge in [0.1, 0.15) is 4.88 Å². The first-order valence-corrected chi connectivity index (χ1v) is 7.16. The summed E-state index contributed by atoms with van der Waals surface area (Å²) in [5, 5.41) is 13.6. The third-order valence-corrected chi connectivity index (χ3v) is 4.67. The van der Waals surface area contributed by atoms with Crippen LogP contribution in [0.15, 0.2) is 29.6 Å². The fraction of sp³-hybridized carbons (Fsp3) is 0.200. The second-order valence-corrected chi connectivity index (χ2v) is 5.75. The van der Waals surface area contributed by atoms with Crippen molar-refractivity contribution in [1.82, 2.24) is 0 Å². The van der Waals surface area contributed by atoms with Gasteiger partial charge >= 0.3 is 5.97 Å². The van der Waals surface area contributed by atoms with Gasteiger partial charge in [-0.15, -0.1) is 11.3 Å². The van der Waals surface area contributed by atoms with Crippen LogP contribution in [0.5, 0.6) is 0 Å². The minimum absolute atomic E-state index is 0.132. The molecule has 0 saturated heterocycles. The summed E-state index contributed by atoms with van der Waals surface area (Å²) in [4.78, 5) is 23.6. The van der Waals surface area contributed by atoms with Crippen molar-refractivity contribution in [1.29, 1.82) is 0 Å². The van der Waals surface area contributed by atoms with Gasteiger partial charge in [0.05, 0.1) is 11.6 Å². The molecule has 102 valence electrons. The van der Waals surface area contributed by atoms with Crippen LogP contribution >= 0.6 is 11.3 Å². The number of carbonyl (C=O) groups is 2. The van der Waals surface area contributed by atoms with Gasteiger partial charge in [0.25, 0.3) is 0 Å². The highest BCUT2D eigenvalue weighted by molar-refractivity contribution is 7.12. The van der Waals surface area contributed by atoms with Gasteiger partial charge in [0.15, 0.2) is 0 Å². The molecule has 1 amide bonds. The Morgan fingerprint density at radius 2 is 2.10 bits per heavy atom. The zero-order valence-electron chi connectivity index (χ0n) is 10.8. The summed E-state index contributed by atoms with van der Waals surface area (Å²) < 4.78 is 0. The Morgan fingerprint density at radius 3 is 2.80 bits per heavy atom. The van der Waals surface area contributed by atoms with Crippen molar-refractivity contribution in [3.05, 3.63) is 51.2 Å². The second kappa shape index (κ2) is 4.76. The molecule has 1 unspecified atom stereocenters. The maximum atomic E-state index is 12.3. The van der Waals surface area contributed by atoms with Crippen LogP contribution in [0.2, 0.25) is 0 Å². The van der Waals surface area contributed by atoms with Crippen molar-refractivity contribution in [2.45, 2.75) is 19.3 Å². The first kappa shape index (κ1) is 12.9. The van der Waals surface area contributed by atoms with Crippen molar-refractivity contribution >= 4 is 28.9 Å². The van der Waals surface area contributed by atoms with Crippen LogP contribution < -0.4 is 5.32 Å². The molecule has 0 fully saturated rings. The van der Waals surface area contributed by atoms with E-state index < -0.39 is 5.97 Å². The van der Waals surface area contributed by atoms with Crippen molar-refractivity contribution in [2.75, 3.05) is 5.32 Å². The van der Waals surface area contributed by atoms with Crippen LogP contribution in [0.3, 0.4) is 0 Å². The molecule has 0 aliphatic heterocycles. The standard InChI is InChI=1S/C15H13NO3S/c1-8-7-20-13(15(18)19)12(8)16-14(17)11-6-9-4-2-3-5-10(9)11/h2-5,7,11H,6H2,1H3,(H,16,17)(H,18,19). The number of aromatic carboxylic acids is 1. The van der Waals surface area contributed by atoms with Crippen LogP contribution in [-0.2, 0) is 11.2 Å². The van der Waals surface area contributed by atoms with Crippen LogP contribution in [0.25, 0.3) is 0 Å². The van der Waals surface area contributed by atoms with Gasteiger partial charge < -0.3 is 10.4 Å². The van der Waals surface area contributed by atoms with Crippen molar-refractivity contribution in [3.63, 3.8) is 0 Å². The van der Waals surface area contributed by atoms with E-state index in [9.17, 15) is 9.59 Å². The van der Waals surface area contributed by atoms with E-state index >= 15 is 0 Å². The number of nitrogens with one attached hydrogen (secondary N) is 1. The number of amides is 1. The summed E-state index contributed by atoms with van der Waals surface area (Å²) in [7, 11) is 0. The Balaban J connectivity index is 1.82. The molecule has 2 N–H and O–H groups in total. The normalized spacial score (nSPS) is 16.1. The van der Waals surface area contributed by atoms with Gasteiger partial charge in [-0.05, 0) is 35.4 Å². The summed E-state index contributed by atoms with van der Waals surface area (Å²) >= 11 is 1.13. The third-order valence-electron chi connectivity index (χ3n) is 3.59. The molecule has 1 aliphatic carbocycles. The number of carboxylic acid groups (broad SMARTS) is 1. The van der Waals surface area contributed by atoms with Gasteiger partial charge in [0.2, 0.25) is 5.91 Å². The molecule has 2 aromatic rings. The number of anilines is 1. The maximum Gasteiger partial charge on any atom is 0.348 e.